The summed E-state index contributed by atoms with van der Waals surface area (Å²) >= 11 is 0. The Hall–Kier alpha value is -11.9. The van der Waals surface area contributed by atoms with E-state index in [2.05, 4.69) is 376 Å². The van der Waals surface area contributed by atoms with Crippen LogP contribution in [0, 0.1) is 0 Å². The van der Waals surface area contributed by atoms with Crippen LogP contribution in [0.15, 0.2) is 357 Å². The summed E-state index contributed by atoms with van der Waals surface area (Å²) in [6.07, 6.45) is 5.73. The Kier molecular flexibility index (Phi) is 12.5. The molecule has 14 aromatic carbocycles. The number of benzene rings is 14. The number of hydrogen-bond acceptors (Lipinski definition) is 4. The zero-order chi connectivity index (χ0) is 60.7. The molecule has 15 aromatic rings. The van der Waals surface area contributed by atoms with Crippen LogP contribution in [0.1, 0.15) is 28.7 Å². The van der Waals surface area contributed by atoms with Gasteiger partial charge >= 0.3 is 0 Å². The van der Waals surface area contributed by atoms with E-state index >= 15 is 0 Å². The van der Waals surface area contributed by atoms with Gasteiger partial charge in [0.25, 0.3) is 0 Å². The third-order valence-corrected chi connectivity index (χ3v) is 19.5. The van der Waals surface area contributed by atoms with Gasteiger partial charge in [-0.05, 0) is 184 Å². The smallest absolute Gasteiger partial charge is 0.0719 e. The van der Waals surface area contributed by atoms with Crippen LogP contribution in [0.3, 0.4) is 0 Å². The highest BCUT2D eigenvalue weighted by Gasteiger charge is 2.53. The number of rotatable bonds is 12. The molecule has 1 aliphatic heterocycles. The van der Waals surface area contributed by atoms with E-state index in [9.17, 15) is 0 Å². The molecule has 2 heterocycles. The average molecular weight is 1180 g/mol. The van der Waals surface area contributed by atoms with Crippen LogP contribution in [-0.2, 0) is 5.41 Å². The fourth-order valence-electron chi connectivity index (χ4n) is 15.7. The minimum Gasteiger partial charge on any atom is -0.334 e. The summed E-state index contributed by atoms with van der Waals surface area (Å²) in [6.45, 7) is 0. The first kappa shape index (κ1) is 53.1. The van der Waals surface area contributed by atoms with Gasteiger partial charge in [0.15, 0.2) is 0 Å². The van der Waals surface area contributed by atoms with E-state index in [1.807, 2.05) is 0 Å². The molecule has 5 heteroatoms. The molecule has 0 fully saturated rings. The van der Waals surface area contributed by atoms with Gasteiger partial charge < -0.3 is 24.2 Å². The average Bonchev–Trinajstić information content (AvgIpc) is 1.49. The number of para-hydroxylation sites is 7. The normalized spacial score (nSPS) is 15.2. The predicted molar refractivity (Wildman–Crippen MR) is 386 cm³/mol. The molecule has 0 N–H and O–H groups in total. The van der Waals surface area contributed by atoms with E-state index in [-0.39, 0.29) is 6.04 Å². The Morgan fingerprint density at radius 1 is 0.315 bits per heavy atom. The minimum absolute atomic E-state index is 0.0911. The lowest BCUT2D eigenvalue weighted by Crippen LogP contribution is -2.39. The second-order valence-corrected chi connectivity index (χ2v) is 24.3. The van der Waals surface area contributed by atoms with Crippen molar-refractivity contribution in [1.29, 1.82) is 0 Å². The fraction of sp³-hybridized carbons (Fsp3) is 0.0345. The highest BCUT2D eigenvalue weighted by Crippen LogP contribution is 2.63. The van der Waals surface area contributed by atoms with Gasteiger partial charge in [0.1, 0.15) is 0 Å². The first-order chi connectivity index (χ1) is 45.7. The van der Waals surface area contributed by atoms with E-state index in [0.717, 1.165) is 63.3 Å². The van der Waals surface area contributed by atoms with Gasteiger partial charge in [-0.15, -0.1) is 0 Å². The molecular weight excluding hydrogens is 1110 g/mol. The van der Waals surface area contributed by atoms with Gasteiger partial charge in [0.2, 0.25) is 0 Å². The Labute approximate surface area is 535 Å². The second-order valence-electron chi connectivity index (χ2n) is 24.3. The van der Waals surface area contributed by atoms with E-state index in [1.165, 1.54) is 88.1 Å². The quantitative estimate of drug-likeness (QED) is 0.121. The first-order valence-corrected chi connectivity index (χ1v) is 31.9. The zero-order valence-corrected chi connectivity index (χ0v) is 50.5. The SMILES string of the molecule is C1=CC(N(c2ccc(N(c3ccccc3)c3ccccc3)cc2)c2cccc3ccccc23)CC2=C1c1ccc(N(c3ccc(N(c4ccccc4)c4ccccc4)cc3)c3cccc4ccccc34)cc1C21c2ccccc2-n2c3ccccc3c3cccc1c32. The monoisotopic (exact) mass is 1180 g/mol. The molecule has 2 unspecified atom stereocenters. The lowest BCUT2D eigenvalue weighted by atomic mass is 9.63. The van der Waals surface area contributed by atoms with E-state index < -0.39 is 5.41 Å². The zero-order valence-electron chi connectivity index (χ0n) is 50.5. The Bertz CT molecular complexity index is 5300. The molecule has 1 spiro atoms. The number of fused-ring (bicyclic) bond motifs is 13. The number of allylic oxidation sites excluding steroid dienone is 2. The maximum absolute atomic E-state index is 2.62. The van der Waals surface area contributed by atoms with Crippen molar-refractivity contribution in [3.05, 3.63) is 380 Å². The van der Waals surface area contributed by atoms with E-state index in [1.54, 1.807) is 0 Å². The number of nitrogens with zero attached hydrogens (tertiary/aromatic N) is 5. The Balaban J connectivity index is 0.845. The summed E-state index contributed by atoms with van der Waals surface area (Å²) in [7, 11) is 0. The van der Waals surface area contributed by atoms with Gasteiger partial charge in [-0.3, -0.25) is 0 Å². The number of aromatic nitrogens is 1. The summed E-state index contributed by atoms with van der Waals surface area (Å²) in [4.78, 5) is 9.81. The number of hydrogen-bond donors (Lipinski definition) is 0. The fourth-order valence-corrected chi connectivity index (χ4v) is 15.7. The van der Waals surface area contributed by atoms with Crippen molar-refractivity contribution in [2.24, 2.45) is 0 Å². The maximum Gasteiger partial charge on any atom is 0.0719 e. The van der Waals surface area contributed by atoms with Crippen LogP contribution in [0.2, 0.25) is 0 Å². The molecule has 2 atom stereocenters. The molecule has 434 valence electrons. The lowest BCUT2D eigenvalue weighted by molar-refractivity contribution is 0.646. The topological polar surface area (TPSA) is 17.9 Å². The molecular formula is C87H61N5. The summed E-state index contributed by atoms with van der Waals surface area (Å²) in [5, 5.41) is 7.30. The van der Waals surface area contributed by atoms with Crippen molar-refractivity contribution in [3.8, 4) is 5.69 Å². The summed E-state index contributed by atoms with van der Waals surface area (Å²) in [5.41, 5.74) is 22.9. The molecule has 5 nitrogen and oxygen atoms in total. The van der Waals surface area contributed by atoms with Gasteiger partial charge in [-0.25, -0.2) is 0 Å². The van der Waals surface area contributed by atoms with Crippen LogP contribution in [-0.4, -0.2) is 10.6 Å². The van der Waals surface area contributed by atoms with Crippen LogP contribution in [0.25, 0.3) is 54.6 Å². The molecule has 0 saturated carbocycles. The molecule has 18 rings (SSSR count). The lowest BCUT2D eigenvalue weighted by Gasteiger charge is -2.44. The Morgan fingerprint density at radius 2 is 0.750 bits per heavy atom. The van der Waals surface area contributed by atoms with Crippen LogP contribution >= 0.6 is 0 Å². The van der Waals surface area contributed by atoms with Crippen molar-refractivity contribution < 1.29 is 0 Å². The summed E-state index contributed by atoms with van der Waals surface area (Å²) in [5.74, 6) is 0. The summed E-state index contributed by atoms with van der Waals surface area (Å²) < 4.78 is 2.56. The third-order valence-electron chi connectivity index (χ3n) is 19.5. The Morgan fingerprint density at radius 3 is 1.36 bits per heavy atom. The molecule has 0 saturated heterocycles. The van der Waals surface area contributed by atoms with Gasteiger partial charge in [-0.1, -0.05) is 218 Å². The third kappa shape index (κ3) is 8.32. The molecule has 92 heavy (non-hydrogen) atoms. The second kappa shape index (κ2) is 21.7. The van der Waals surface area contributed by atoms with Gasteiger partial charge in [-0.2, -0.15) is 0 Å². The maximum atomic E-state index is 2.62. The molecule has 0 amide bonds. The molecule has 1 aromatic heterocycles. The highest BCUT2D eigenvalue weighted by molar-refractivity contribution is 6.13. The first-order valence-electron chi connectivity index (χ1n) is 31.9. The molecule has 3 aliphatic rings. The molecule has 0 bridgehead atoms. The van der Waals surface area contributed by atoms with Crippen LogP contribution in [0.4, 0.5) is 62.6 Å². The number of anilines is 11. The van der Waals surface area contributed by atoms with Crippen molar-refractivity contribution >= 4 is 111 Å². The van der Waals surface area contributed by atoms with E-state index in [4.69, 9.17) is 0 Å². The van der Waals surface area contributed by atoms with Crippen molar-refractivity contribution in [2.75, 3.05) is 19.6 Å². The van der Waals surface area contributed by atoms with Gasteiger partial charge in [0.05, 0.1) is 33.9 Å². The largest absolute Gasteiger partial charge is 0.334 e. The minimum atomic E-state index is -0.718. The molecule has 2 aliphatic carbocycles. The summed E-state index contributed by atoms with van der Waals surface area (Å²) in [6, 6.07) is 125. The standard InChI is InChI=1S/C87H61N5/c1-5-28-62(29-6-1)88(63-30-7-2-8-31-63)66-46-50-68(51-47-66)90(82-44-21-26-60-24-13-15-36-72(60)82)70-54-56-74-75-57-55-71(59-81(75)87(80(74)58-70)78-40-18-20-43-85(78)92-84-42-19-17-38-76(84)77-39-23-41-79(87)86(77)92)91(83-45-22-27-61-25-14-16-37-73(61)83)69-52-48-67(49-53-69)89(64-32-9-3-10-33-64)65-34-11-4-12-35-65/h1-58,71H,59H2. The predicted octanol–water partition coefficient (Wildman–Crippen LogP) is 23.1. The van der Waals surface area contributed by atoms with Crippen molar-refractivity contribution in [2.45, 2.75) is 17.9 Å². The molecule has 0 radical (unpaired) electrons. The van der Waals surface area contributed by atoms with Crippen LogP contribution in [0.5, 0.6) is 0 Å². The van der Waals surface area contributed by atoms with E-state index in [0.29, 0.717) is 0 Å². The highest BCUT2D eigenvalue weighted by atomic mass is 15.2. The van der Waals surface area contributed by atoms with Crippen LogP contribution < -0.4 is 19.6 Å². The van der Waals surface area contributed by atoms with Crippen molar-refractivity contribution in [1.82, 2.24) is 4.57 Å². The van der Waals surface area contributed by atoms with Crippen molar-refractivity contribution in [3.63, 3.8) is 0 Å². The van der Waals surface area contributed by atoms with Gasteiger partial charge in [0, 0.05) is 78.4 Å².